The number of hydrogen-bond acceptors (Lipinski definition) is 5. The third-order valence-corrected chi connectivity index (χ3v) is 5.15. The van der Waals surface area contributed by atoms with Gasteiger partial charge in [0, 0.05) is 5.39 Å². The summed E-state index contributed by atoms with van der Waals surface area (Å²) in [6, 6.07) is 17.5. The van der Waals surface area contributed by atoms with Crippen molar-refractivity contribution in [1.29, 1.82) is 5.26 Å². The van der Waals surface area contributed by atoms with Gasteiger partial charge in [-0.1, -0.05) is 29.8 Å². The van der Waals surface area contributed by atoms with Crippen LogP contribution in [0.1, 0.15) is 28.7 Å². The minimum Gasteiger partial charge on any atom is -0.493 e. The lowest BCUT2D eigenvalue weighted by Crippen LogP contribution is -2.18. The third kappa shape index (κ3) is 4.30. The maximum atomic E-state index is 12.6. The highest BCUT2D eigenvalue weighted by Crippen LogP contribution is 2.26. The molecule has 2 heterocycles. The summed E-state index contributed by atoms with van der Waals surface area (Å²) in [6.07, 6.45) is 1.56. The van der Waals surface area contributed by atoms with Crippen LogP contribution in [0.3, 0.4) is 0 Å². The molecule has 7 heteroatoms. The van der Waals surface area contributed by atoms with Crippen molar-refractivity contribution in [3.05, 3.63) is 77.0 Å². The highest BCUT2D eigenvalue weighted by atomic mass is 16.5. The first-order valence-electron chi connectivity index (χ1n) is 10.3. The predicted octanol–water partition coefficient (Wildman–Crippen LogP) is 4.63. The van der Waals surface area contributed by atoms with E-state index in [1.54, 1.807) is 0 Å². The number of carbonyl (C=O) groups is 1. The van der Waals surface area contributed by atoms with Crippen LogP contribution in [0.2, 0.25) is 0 Å². The summed E-state index contributed by atoms with van der Waals surface area (Å²) in [4.78, 5) is 17.3. The van der Waals surface area contributed by atoms with Gasteiger partial charge in [0.2, 0.25) is 5.91 Å². The zero-order valence-electron chi connectivity index (χ0n) is 18.2. The number of hydrogen-bond donors (Lipinski definition) is 1. The maximum absolute atomic E-state index is 12.6. The van der Waals surface area contributed by atoms with Crippen molar-refractivity contribution in [3.8, 4) is 17.6 Å². The molecule has 7 nitrogen and oxygen atoms in total. The number of carbonyl (C=O) groups excluding carboxylic acids is 1. The second-order valence-corrected chi connectivity index (χ2v) is 7.67. The number of rotatable bonds is 6. The number of nitrogens with one attached hydrogen (secondary N) is 1. The Kier molecular flexibility index (Phi) is 5.86. The van der Waals surface area contributed by atoms with E-state index in [2.05, 4.69) is 35.5 Å². The van der Waals surface area contributed by atoms with Gasteiger partial charge in [-0.15, -0.1) is 0 Å². The number of pyridine rings is 1. The Hall–Kier alpha value is -4.18. The number of anilines is 1. The van der Waals surface area contributed by atoms with Crippen molar-refractivity contribution >= 4 is 22.6 Å². The molecule has 160 valence electrons. The zero-order valence-corrected chi connectivity index (χ0v) is 18.2. The lowest BCUT2D eigenvalue weighted by molar-refractivity contribution is -0.116. The largest absolute Gasteiger partial charge is 0.493 e. The fourth-order valence-corrected chi connectivity index (χ4v) is 3.63. The van der Waals surface area contributed by atoms with Gasteiger partial charge < -0.3 is 10.1 Å². The van der Waals surface area contributed by atoms with Crippen molar-refractivity contribution in [1.82, 2.24) is 14.8 Å². The average molecular weight is 425 g/mol. The quantitative estimate of drug-likeness (QED) is 0.486. The Bertz CT molecular complexity index is 1340. The van der Waals surface area contributed by atoms with Gasteiger partial charge in [-0.25, -0.2) is 4.98 Å². The highest BCUT2D eigenvalue weighted by Gasteiger charge is 2.17. The van der Waals surface area contributed by atoms with Crippen molar-refractivity contribution in [2.45, 2.75) is 27.2 Å². The number of aryl methyl sites for hydroxylation is 3. The van der Waals surface area contributed by atoms with Gasteiger partial charge in [-0.2, -0.15) is 15.0 Å². The smallest absolute Gasteiger partial charge is 0.228 e. The lowest BCUT2D eigenvalue weighted by Gasteiger charge is -2.13. The van der Waals surface area contributed by atoms with Crippen LogP contribution in [-0.4, -0.2) is 27.3 Å². The highest BCUT2D eigenvalue weighted by molar-refractivity contribution is 5.92. The first-order chi connectivity index (χ1) is 15.5. The number of nitrogens with zero attached hydrogens (tertiary/aromatic N) is 4. The number of aromatic nitrogens is 3. The van der Waals surface area contributed by atoms with Crippen LogP contribution in [0.25, 0.3) is 16.7 Å². The zero-order chi connectivity index (χ0) is 22.7. The molecule has 0 spiro atoms. The summed E-state index contributed by atoms with van der Waals surface area (Å²) in [6.45, 7) is 6.31. The Morgan fingerprint density at radius 3 is 2.66 bits per heavy atom. The normalized spacial score (nSPS) is 10.7. The van der Waals surface area contributed by atoms with E-state index in [-0.39, 0.29) is 24.5 Å². The molecule has 0 radical (unpaired) electrons. The minimum absolute atomic E-state index is 0.132. The Morgan fingerprint density at radius 2 is 1.91 bits per heavy atom. The van der Waals surface area contributed by atoms with Gasteiger partial charge in [0.15, 0.2) is 11.6 Å². The SMILES string of the molecule is Cc1cc(C)c2nc(-n3ncc(C#N)c3NC(=O)CCOc3ccccc3)cc(C)c2c1. The number of ether oxygens (including phenoxy) is 1. The van der Waals surface area contributed by atoms with Crippen molar-refractivity contribution in [2.75, 3.05) is 11.9 Å². The molecule has 2 aromatic carbocycles. The van der Waals surface area contributed by atoms with Crippen LogP contribution in [0, 0.1) is 32.1 Å². The number of nitriles is 1. The summed E-state index contributed by atoms with van der Waals surface area (Å²) in [5.41, 5.74) is 4.40. The molecule has 0 fully saturated rings. The Morgan fingerprint density at radius 1 is 1.12 bits per heavy atom. The molecule has 4 aromatic rings. The first kappa shape index (κ1) is 21.1. The summed E-state index contributed by atoms with van der Waals surface area (Å²) in [5, 5.41) is 17.7. The van der Waals surface area contributed by atoms with Crippen LogP contribution in [0.4, 0.5) is 5.82 Å². The van der Waals surface area contributed by atoms with Crippen LogP contribution in [0.15, 0.2) is 54.7 Å². The predicted molar refractivity (Wildman–Crippen MR) is 123 cm³/mol. The minimum atomic E-state index is -0.275. The molecule has 1 amide bonds. The Balaban J connectivity index is 1.60. The summed E-state index contributed by atoms with van der Waals surface area (Å²) in [7, 11) is 0. The van der Waals surface area contributed by atoms with E-state index >= 15 is 0 Å². The maximum Gasteiger partial charge on any atom is 0.228 e. The second kappa shape index (κ2) is 8.90. The monoisotopic (exact) mass is 425 g/mol. The van der Waals surface area contributed by atoms with E-state index in [0.717, 1.165) is 22.0 Å². The topological polar surface area (TPSA) is 92.8 Å². The molecule has 0 saturated heterocycles. The molecule has 0 bridgehead atoms. The van der Waals surface area contributed by atoms with Crippen molar-refractivity contribution in [2.24, 2.45) is 0 Å². The third-order valence-electron chi connectivity index (χ3n) is 5.15. The van der Waals surface area contributed by atoms with Crippen molar-refractivity contribution < 1.29 is 9.53 Å². The van der Waals surface area contributed by atoms with Gasteiger partial charge in [-0.3, -0.25) is 4.79 Å². The molecule has 32 heavy (non-hydrogen) atoms. The standard InChI is InChI=1S/C25H23N5O2/c1-16-11-18(3)24-21(12-16)17(2)13-22(28-24)30-25(19(14-26)15-27-30)29-23(31)9-10-32-20-7-5-4-6-8-20/h4-8,11-13,15H,9-10H2,1-3H3,(H,29,31). The van der Waals surface area contributed by atoms with E-state index in [9.17, 15) is 10.1 Å². The van der Waals surface area contributed by atoms with E-state index in [0.29, 0.717) is 17.4 Å². The molecule has 0 aliphatic carbocycles. The molecule has 2 aromatic heterocycles. The molecule has 0 aliphatic rings. The molecule has 0 saturated carbocycles. The van der Waals surface area contributed by atoms with E-state index in [1.165, 1.54) is 16.4 Å². The fraction of sp³-hybridized carbons (Fsp3) is 0.200. The second-order valence-electron chi connectivity index (χ2n) is 7.67. The molecular formula is C25H23N5O2. The van der Waals surface area contributed by atoms with Gasteiger partial charge in [0.1, 0.15) is 17.4 Å². The van der Waals surface area contributed by atoms with Gasteiger partial charge in [-0.05, 0) is 56.2 Å². The molecule has 0 atom stereocenters. The molecule has 4 rings (SSSR count). The van der Waals surface area contributed by atoms with Gasteiger partial charge in [0.25, 0.3) is 0 Å². The molecule has 0 aliphatic heterocycles. The van der Waals surface area contributed by atoms with Gasteiger partial charge in [0.05, 0.1) is 24.7 Å². The fourth-order valence-electron chi connectivity index (χ4n) is 3.63. The number of fused-ring (bicyclic) bond motifs is 1. The summed E-state index contributed by atoms with van der Waals surface area (Å²) < 4.78 is 7.09. The first-order valence-corrected chi connectivity index (χ1v) is 10.3. The van der Waals surface area contributed by atoms with Gasteiger partial charge >= 0.3 is 0 Å². The van der Waals surface area contributed by atoms with Crippen LogP contribution < -0.4 is 10.1 Å². The number of benzene rings is 2. The van der Waals surface area contributed by atoms with Crippen LogP contribution in [0.5, 0.6) is 5.75 Å². The van der Waals surface area contributed by atoms with E-state index in [1.807, 2.05) is 50.2 Å². The summed E-state index contributed by atoms with van der Waals surface area (Å²) >= 11 is 0. The number of para-hydroxylation sites is 1. The van der Waals surface area contributed by atoms with Crippen molar-refractivity contribution in [3.63, 3.8) is 0 Å². The van der Waals surface area contributed by atoms with E-state index in [4.69, 9.17) is 9.72 Å². The average Bonchev–Trinajstić information content (AvgIpc) is 3.17. The van der Waals surface area contributed by atoms with Crippen LogP contribution in [-0.2, 0) is 4.79 Å². The van der Waals surface area contributed by atoms with Crippen LogP contribution >= 0.6 is 0 Å². The lowest BCUT2D eigenvalue weighted by atomic mass is 10.0. The van der Waals surface area contributed by atoms with E-state index < -0.39 is 0 Å². The molecule has 0 unspecified atom stereocenters. The molecular weight excluding hydrogens is 402 g/mol. The summed E-state index contributed by atoms with van der Waals surface area (Å²) in [5.74, 6) is 1.26. The number of amides is 1. The Labute approximate surface area is 186 Å². The molecule has 1 N–H and O–H groups in total.